The molecule has 1 atom stereocenters. The topological polar surface area (TPSA) is 20.2 Å². The van der Waals surface area contributed by atoms with Gasteiger partial charge in [-0.15, -0.1) is 0 Å². The normalized spacial score (nSPS) is 13.6. The summed E-state index contributed by atoms with van der Waals surface area (Å²) < 4.78 is -0.149. The lowest BCUT2D eigenvalue weighted by molar-refractivity contribution is 0.244. The third kappa shape index (κ3) is 5.67. The van der Waals surface area contributed by atoms with Gasteiger partial charge in [0.05, 0.1) is 9.84 Å². The lowest BCUT2D eigenvalue weighted by Crippen LogP contribution is -2.10. The molecular weight excluding hydrogens is 295 g/mol. The van der Waals surface area contributed by atoms with Crippen molar-refractivity contribution in [1.82, 2.24) is 0 Å². The zero-order valence-electron chi connectivity index (χ0n) is 4.19. The standard InChI is InChI=1S/C4H4Br2Cl2O/c5-4(6)2(9)1-3(7)8/h1-2,4,9H. The number of alkyl halides is 2. The highest BCUT2D eigenvalue weighted by molar-refractivity contribution is 9.24. The summed E-state index contributed by atoms with van der Waals surface area (Å²) in [4.78, 5) is 0. The van der Waals surface area contributed by atoms with Crippen LogP contribution in [0.4, 0.5) is 0 Å². The molecule has 0 aromatic heterocycles. The summed E-state index contributed by atoms with van der Waals surface area (Å²) >= 11 is 16.6. The van der Waals surface area contributed by atoms with Crippen molar-refractivity contribution in [3.63, 3.8) is 0 Å². The minimum absolute atomic E-state index is 0.0615. The second kappa shape index (κ2) is 4.97. The molecule has 0 aliphatic rings. The van der Waals surface area contributed by atoms with Gasteiger partial charge in [-0.1, -0.05) is 55.1 Å². The molecule has 1 unspecified atom stereocenters. The Labute approximate surface area is 80.3 Å². The van der Waals surface area contributed by atoms with E-state index in [1.54, 1.807) is 0 Å². The Hall–Kier alpha value is 1.24. The van der Waals surface area contributed by atoms with E-state index >= 15 is 0 Å². The molecule has 0 aliphatic carbocycles. The van der Waals surface area contributed by atoms with Crippen molar-refractivity contribution in [1.29, 1.82) is 0 Å². The molecule has 0 radical (unpaired) electrons. The van der Waals surface area contributed by atoms with Crippen LogP contribution in [-0.2, 0) is 0 Å². The van der Waals surface area contributed by atoms with Crippen molar-refractivity contribution < 1.29 is 5.11 Å². The number of hydrogen-bond acceptors (Lipinski definition) is 1. The Morgan fingerprint density at radius 2 is 1.89 bits per heavy atom. The predicted octanol–water partition coefficient (Wildman–Crippen LogP) is 2.78. The Kier molecular flexibility index (Phi) is 5.65. The molecule has 0 fully saturated rings. The minimum Gasteiger partial charge on any atom is -0.387 e. The molecule has 0 aromatic rings. The van der Waals surface area contributed by atoms with Crippen LogP contribution in [0.15, 0.2) is 10.6 Å². The summed E-state index contributed by atoms with van der Waals surface area (Å²) in [5.74, 6) is 0. The van der Waals surface area contributed by atoms with Gasteiger partial charge < -0.3 is 5.11 Å². The lowest BCUT2D eigenvalue weighted by Gasteiger charge is -2.04. The van der Waals surface area contributed by atoms with Crippen LogP contribution in [0.5, 0.6) is 0 Å². The van der Waals surface area contributed by atoms with Gasteiger partial charge in [0.25, 0.3) is 0 Å². The molecule has 0 saturated carbocycles. The zero-order chi connectivity index (χ0) is 7.44. The predicted molar refractivity (Wildman–Crippen MR) is 47.4 cm³/mol. The van der Waals surface area contributed by atoms with Crippen LogP contribution in [0.3, 0.4) is 0 Å². The van der Waals surface area contributed by atoms with E-state index in [0.29, 0.717) is 0 Å². The van der Waals surface area contributed by atoms with Crippen molar-refractivity contribution in [2.45, 2.75) is 9.84 Å². The maximum Gasteiger partial charge on any atom is 0.105 e. The van der Waals surface area contributed by atoms with Gasteiger partial charge in [0.2, 0.25) is 0 Å². The van der Waals surface area contributed by atoms with Crippen LogP contribution in [0.25, 0.3) is 0 Å². The van der Waals surface area contributed by atoms with Crippen LogP contribution in [0.1, 0.15) is 0 Å². The maximum absolute atomic E-state index is 8.96. The Morgan fingerprint density at radius 1 is 1.44 bits per heavy atom. The van der Waals surface area contributed by atoms with Crippen LogP contribution in [-0.4, -0.2) is 14.9 Å². The van der Waals surface area contributed by atoms with Gasteiger partial charge in [-0.25, -0.2) is 0 Å². The second-order valence-electron chi connectivity index (χ2n) is 1.28. The van der Waals surface area contributed by atoms with E-state index in [4.69, 9.17) is 28.3 Å². The highest BCUT2D eigenvalue weighted by Crippen LogP contribution is 2.17. The first-order valence-corrected chi connectivity index (χ1v) is 4.62. The monoisotopic (exact) mass is 296 g/mol. The summed E-state index contributed by atoms with van der Waals surface area (Å²) in [6, 6.07) is 0. The van der Waals surface area contributed by atoms with Crippen LogP contribution in [0, 0.1) is 0 Å². The second-order valence-corrected chi connectivity index (χ2v) is 5.49. The first-order chi connectivity index (χ1) is 4.04. The lowest BCUT2D eigenvalue weighted by atomic mass is 10.4. The van der Waals surface area contributed by atoms with Gasteiger partial charge in [0.15, 0.2) is 0 Å². The van der Waals surface area contributed by atoms with E-state index in [0.717, 1.165) is 0 Å². The van der Waals surface area contributed by atoms with E-state index in [1.807, 2.05) is 0 Å². The molecular formula is C4H4Br2Cl2O. The molecule has 1 N–H and O–H groups in total. The fourth-order valence-corrected chi connectivity index (χ4v) is 0.765. The van der Waals surface area contributed by atoms with E-state index in [-0.39, 0.29) is 8.23 Å². The van der Waals surface area contributed by atoms with Gasteiger partial charge in [-0.2, -0.15) is 0 Å². The highest BCUT2D eigenvalue weighted by Gasteiger charge is 2.08. The number of aliphatic hydroxyl groups is 1. The molecule has 0 heterocycles. The summed E-state index contributed by atoms with van der Waals surface area (Å²) in [5.41, 5.74) is 0. The summed E-state index contributed by atoms with van der Waals surface area (Å²) in [7, 11) is 0. The van der Waals surface area contributed by atoms with Crippen molar-refractivity contribution >= 4 is 55.1 Å². The average Bonchev–Trinajstić information content (AvgIpc) is 1.63. The Balaban J connectivity index is 3.76. The van der Waals surface area contributed by atoms with E-state index in [2.05, 4.69) is 31.9 Å². The van der Waals surface area contributed by atoms with E-state index in [1.165, 1.54) is 6.08 Å². The van der Waals surface area contributed by atoms with Gasteiger partial charge in [0, 0.05) is 0 Å². The zero-order valence-corrected chi connectivity index (χ0v) is 8.87. The van der Waals surface area contributed by atoms with Crippen LogP contribution in [0.2, 0.25) is 0 Å². The number of hydrogen-bond donors (Lipinski definition) is 1. The smallest absolute Gasteiger partial charge is 0.105 e. The van der Waals surface area contributed by atoms with Crippen molar-refractivity contribution in [3.8, 4) is 0 Å². The van der Waals surface area contributed by atoms with Crippen LogP contribution >= 0.6 is 55.1 Å². The molecule has 0 amide bonds. The quantitative estimate of drug-likeness (QED) is 0.777. The van der Waals surface area contributed by atoms with Crippen molar-refractivity contribution in [2.75, 3.05) is 0 Å². The molecule has 0 spiro atoms. The van der Waals surface area contributed by atoms with Crippen molar-refractivity contribution in [2.24, 2.45) is 0 Å². The van der Waals surface area contributed by atoms with Gasteiger partial charge in [0.1, 0.15) is 4.49 Å². The average molecular weight is 299 g/mol. The Morgan fingerprint density at radius 3 is 2.00 bits per heavy atom. The fourth-order valence-electron chi connectivity index (χ4n) is 0.202. The number of rotatable bonds is 2. The first kappa shape index (κ1) is 10.2. The van der Waals surface area contributed by atoms with Gasteiger partial charge in [-0.3, -0.25) is 0 Å². The number of aliphatic hydroxyl groups excluding tert-OH is 1. The highest BCUT2D eigenvalue weighted by atomic mass is 79.9. The summed E-state index contributed by atoms with van der Waals surface area (Å²) in [5, 5.41) is 8.96. The molecule has 0 bridgehead atoms. The van der Waals surface area contributed by atoms with E-state index < -0.39 is 6.10 Å². The van der Waals surface area contributed by atoms with Crippen molar-refractivity contribution in [3.05, 3.63) is 10.6 Å². The van der Waals surface area contributed by atoms with E-state index in [9.17, 15) is 0 Å². The SMILES string of the molecule is OC(C=C(Cl)Cl)C(Br)Br. The molecule has 0 aliphatic heterocycles. The summed E-state index contributed by atoms with van der Waals surface area (Å²) in [6.07, 6.45) is 0.618. The largest absolute Gasteiger partial charge is 0.387 e. The fraction of sp³-hybridized carbons (Fsp3) is 0.500. The van der Waals surface area contributed by atoms with Crippen LogP contribution < -0.4 is 0 Å². The molecule has 54 valence electrons. The Bertz CT molecular complexity index is 111. The van der Waals surface area contributed by atoms with Gasteiger partial charge >= 0.3 is 0 Å². The molecule has 5 heteroatoms. The first-order valence-electron chi connectivity index (χ1n) is 2.03. The molecule has 0 aromatic carbocycles. The van der Waals surface area contributed by atoms with Gasteiger partial charge in [-0.05, 0) is 6.08 Å². The molecule has 1 nitrogen and oxygen atoms in total. The molecule has 0 rings (SSSR count). The number of halogens is 4. The summed E-state index contributed by atoms with van der Waals surface area (Å²) in [6.45, 7) is 0. The third-order valence-corrected chi connectivity index (χ3v) is 1.89. The molecule has 0 saturated heterocycles. The maximum atomic E-state index is 8.96. The molecule has 9 heavy (non-hydrogen) atoms. The minimum atomic E-state index is -0.699. The third-order valence-electron chi connectivity index (χ3n) is 0.555.